The minimum absolute atomic E-state index is 0.412. The zero-order valence-electron chi connectivity index (χ0n) is 7.59. The first kappa shape index (κ1) is 10.9. The average Bonchev–Trinajstić information content (AvgIpc) is 2.81. The van der Waals surface area contributed by atoms with Gasteiger partial charge in [0.2, 0.25) is 5.91 Å². The van der Waals surface area contributed by atoms with Crippen molar-refractivity contribution < 1.29 is 23.5 Å². The Hall–Kier alpha value is -1.20. The Bertz CT molecular complexity index is 263. The third kappa shape index (κ3) is 2.18. The van der Waals surface area contributed by atoms with Crippen molar-refractivity contribution in [2.24, 2.45) is 5.92 Å². The van der Waals surface area contributed by atoms with Crippen molar-refractivity contribution in [1.82, 2.24) is 5.32 Å². The predicted molar refractivity (Wildman–Crippen MR) is 42.9 cm³/mol. The number of hydrogen-bond acceptors (Lipinski definition) is 2. The number of carboxylic acid groups (broad SMARTS) is 1. The minimum atomic E-state index is -3.88. The fourth-order valence-electron chi connectivity index (χ4n) is 1.29. The summed E-state index contributed by atoms with van der Waals surface area (Å²) in [4.78, 5) is 20.9. The second-order valence-electron chi connectivity index (χ2n) is 3.44. The quantitative estimate of drug-likeness (QED) is 0.710. The van der Waals surface area contributed by atoms with Gasteiger partial charge in [0.25, 0.3) is 0 Å². The Morgan fingerprint density at radius 3 is 2.29 bits per heavy atom. The summed E-state index contributed by atoms with van der Waals surface area (Å²) in [5.41, 5.74) is 0. The number of alkyl halides is 2. The summed E-state index contributed by atoms with van der Waals surface area (Å²) in [6.45, 7) is 1.09. The van der Waals surface area contributed by atoms with Gasteiger partial charge in [-0.05, 0) is 18.8 Å². The molecule has 0 bridgehead atoms. The van der Waals surface area contributed by atoms with Gasteiger partial charge in [-0.2, -0.15) is 8.78 Å². The van der Waals surface area contributed by atoms with Crippen molar-refractivity contribution in [1.29, 1.82) is 0 Å². The molecule has 0 radical (unpaired) electrons. The SMILES string of the molecule is CC(=O)NC(C1CC1)C(F)(F)C(=O)O. The van der Waals surface area contributed by atoms with Crippen LogP contribution in [-0.4, -0.2) is 28.9 Å². The second-order valence-corrected chi connectivity index (χ2v) is 3.44. The summed E-state index contributed by atoms with van der Waals surface area (Å²) in [5, 5.41) is 10.3. The number of carbonyl (C=O) groups is 2. The van der Waals surface area contributed by atoms with Gasteiger partial charge in [-0.1, -0.05) is 0 Å². The first-order valence-corrected chi connectivity index (χ1v) is 4.24. The van der Waals surface area contributed by atoms with Crippen molar-refractivity contribution in [2.45, 2.75) is 31.7 Å². The van der Waals surface area contributed by atoms with E-state index in [4.69, 9.17) is 5.11 Å². The van der Waals surface area contributed by atoms with Gasteiger partial charge in [0.15, 0.2) is 0 Å². The number of amides is 1. The molecule has 1 amide bonds. The van der Waals surface area contributed by atoms with Gasteiger partial charge in [0.05, 0.1) is 0 Å². The van der Waals surface area contributed by atoms with E-state index < -0.39 is 29.8 Å². The third-order valence-electron chi connectivity index (χ3n) is 2.13. The molecule has 0 aromatic heterocycles. The largest absolute Gasteiger partial charge is 0.477 e. The maximum Gasteiger partial charge on any atom is 0.376 e. The van der Waals surface area contributed by atoms with Crippen molar-refractivity contribution in [3.63, 3.8) is 0 Å². The molecule has 0 aromatic carbocycles. The molecule has 1 saturated carbocycles. The van der Waals surface area contributed by atoms with E-state index >= 15 is 0 Å². The number of carbonyl (C=O) groups excluding carboxylic acids is 1. The lowest BCUT2D eigenvalue weighted by molar-refractivity contribution is -0.170. The summed E-state index contributed by atoms with van der Waals surface area (Å²) in [6.07, 6.45) is 1.07. The highest BCUT2D eigenvalue weighted by atomic mass is 19.3. The fraction of sp³-hybridized carbons (Fsp3) is 0.750. The number of halogens is 2. The standard InChI is InChI=1S/C8H11F2NO3/c1-4(12)11-6(5-2-3-5)8(9,10)7(13)14/h5-6H,2-3H2,1H3,(H,11,12)(H,13,14). The van der Waals surface area contributed by atoms with Gasteiger partial charge >= 0.3 is 11.9 Å². The molecule has 0 aliphatic heterocycles. The second kappa shape index (κ2) is 3.51. The molecule has 1 unspecified atom stereocenters. The Morgan fingerprint density at radius 2 is 2.00 bits per heavy atom. The Balaban J connectivity index is 2.75. The van der Waals surface area contributed by atoms with Crippen LogP contribution in [0.15, 0.2) is 0 Å². The summed E-state index contributed by atoms with van der Waals surface area (Å²) in [6, 6.07) is -1.57. The molecule has 1 atom stereocenters. The monoisotopic (exact) mass is 207 g/mol. The molecule has 2 N–H and O–H groups in total. The number of carboxylic acids is 1. The molecule has 0 aromatic rings. The van der Waals surface area contributed by atoms with Crippen LogP contribution in [0.5, 0.6) is 0 Å². The lowest BCUT2D eigenvalue weighted by Gasteiger charge is -2.23. The topological polar surface area (TPSA) is 66.4 Å². The van der Waals surface area contributed by atoms with E-state index in [0.29, 0.717) is 12.8 Å². The van der Waals surface area contributed by atoms with Crippen LogP contribution < -0.4 is 5.32 Å². The molecular weight excluding hydrogens is 196 g/mol. The zero-order chi connectivity index (χ0) is 10.9. The van der Waals surface area contributed by atoms with Crippen molar-refractivity contribution >= 4 is 11.9 Å². The molecular formula is C8H11F2NO3. The van der Waals surface area contributed by atoms with Gasteiger partial charge in [-0.3, -0.25) is 4.79 Å². The Labute approximate surface area is 79.3 Å². The lowest BCUT2D eigenvalue weighted by Crippen LogP contribution is -2.52. The van der Waals surface area contributed by atoms with Crippen LogP contribution in [-0.2, 0) is 9.59 Å². The number of rotatable bonds is 4. The van der Waals surface area contributed by atoms with Crippen molar-refractivity contribution in [3.8, 4) is 0 Å². The molecule has 1 aliphatic carbocycles. The molecule has 0 saturated heterocycles. The molecule has 4 nitrogen and oxygen atoms in total. The van der Waals surface area contributed by atoms with Gasteiger partial charge in [0, 0.05) is 6.92 Å². The van der Waals surface area contributed by atoms with Crippen LogP contribution in [0.2, 0.25) is 0 Å². The van der Waals surface area contributed by atoms with E-state index in [9.17, 15) is 18.4 Å². The van der Waals surface area contributed by atoms with Gasteiger partial charge < -0.3 is 10.4 Å². The van der Waals surface area contributed by atoms with E-state index in [1.54, 1.807) is 0 Å². The fourth-order valence-corrected chi connectivity index (χ4v) is 1.29. The molecule has 1 fully saturated rings. The normalized spacial score (nSPS) is 18.8. The molecule has 80 valence electrons. The number of hydrogen-bond donors (Lipinski definition) is 2. The maximum atomic E-state index is 13.0. The summed E-state index contributed by atoms with van der Waals surface area (Å²) >= 11 is 0. The zero-order valence-corrected chi connectivity index (χ0v) is 7.59. The molecule has 1 rings (SSSR count). The van der Waals surface area contributed by atoms with Gasteiger partial charge in [-0.15, -0.1) is 0 Å². The van der Waals surface area contributed by atoms with E-state index in [2.05, 4.69) is 0 Å². The van der Waals surface area contributed by atoms with Gasteiger partial charge in [0.1, 0.15) is 6.04 Å². The van der Waals surface area contributed by atoms with E-state index in [0.717, 1.165) is 6.92 Å². The minimum Gasteiger partial charge on any atom is -0.477 e. The molecule has 6 heteroatoms. The number of aliphatic carboxylic acids is 1. The average molecular weight is 207 g/mol. The number of nitrogens with one attached hydrogen (secondary N) is 1. The highest BCUT2D eigenvalue weighted by molar-refractivity contribution is 5.79. The van der Waals surface area contributed by atoms with Crippen LogP contribution in [0.3, 0.4) is 0 Å². The smallest absolute Gasteiger partial charge is 0.376 e. The van der Waals surface area contributed by atoms with Crippen LogP contribution in [0.1, 0.15) is 19.8 Å². The molecule has 0 spiro atoms. The van der Waals surface area contributed by atoms with Crippen LogP contribution in [0, 0.1) is 5.92 Å². The van der Waals surface area contributed by atoms with E-state index in [1.807, 2.05) is 5.32 Å². The highest BCUT2D eigenvalue weighted by Gasteiger charge is 2.54. The summed E-state index contributed by atoms with van der Waals surface area (Å²) < 4.78 is 26.1. The first-order valence-electron chi connectivity index (χ1n) is 4.24. The Morgan fingerprint density at radius 1 is 1.50 bits per heavy atom. The van der Waals surface area contributed by atoms with E-state index in [-0.39, 0.29) is 0 Å². The Kier molecular flexibility index (Phi) is 2.73. The van der Waals surface area contributed by atoms with Crippen LogP contribution in [0.4, 0.5) is 8.78 Å². The first-order chi connectivity index (χ1) is 6.35. The molecule has 0 heterocycles. The van der Waals surface area contributed by atoms with Crippen molar-refractivity contribution in [2.75, 3.05) is 0 Å². The lowest BCUT2D eigenvalue weighted by atomic mass is 10.1. The maximum absolute atomic E-state index is 13.0. The molecule has 1 aliphatic rings. The van der Waals surface area contributed by atoms with Crippen LogP contribution >= 0.6 is 0 Å². The summed E-state index contributed by atoms with van der Waals surface area (Å²) in [5.74, 6) is -7.12. The predicted octanol–water partition coefficient (Wildman–Crippen LogP) is 0.621. The van der Waals surface area contributed by atoms with Crippen molar-refractivity contribution in [3.05, 3.63) is 0 Å². The summed E-state index contributed by atoms with van der Waals surface area (Å²) in [7, 11) is 0. The van der Waals surface area contributed by atoms with E-state index in [1.165, 1.54) is 0 Å². The molecule has 14 heavy (non-hydrogen) atoms. The highest BCUT2D eigenvalue weighted by Crippen LogP contribution is 2.39. The van der Waals surface area contributed by atoms with Gasteiger partial charge in [-0.25, -0.2) is 4.79 Å². The van der Waals surface area contributed by atoms with Crippen LogP contribution in [0.25, 0.3) is 0 Å². The third-order valence-corrected chi connectivity index (χ3v) is 2.13.